The number of rotatable bonds is 4. The van der Waals surface area contributed by atoms with E-state index in [2.05, 4.69) is 6.58 Å². The number of carbonyl (C=O) groups excluding carboxylic acids is 1. The third-order valence-corrected chi connectivity index (χ3v) is 3.36. The third kappa shape index (κ3) is 2.99. The van der Waals surface area contributed by atoms with Gasteiger partial charge in [0.1, 0.15) is 18.4 Å². The Bertz CT molecular complexity index is 569. The molecule has 1 aromatic carbocycles. The topological polar surface area (TPSA) is 76.1 Å². The van der Waals surface area contributed by atoms with Gasteiger partial charge in [0.25, 0.3) is 0 Å². The number of aliphatic carboxylic acids is 1. The van der Waals surface area contributed by atoms with E-state index < -0.39 is 18.1 Å². The maximum absolute atomic E-state index is 12.2. The van der Waals surface area contributed by atoms with Crippen molar-refractivity contribution in [1.82, 2.24) is 0 Å². The molecule has 0 saturated heterocycles. The Morgan fingerprint density at radius 3 is 2.90 bits per heavy atom. The first kappa shape index (κ1) is 14.9. The van der Waals surface area contributed by atoms with E-state index >= 15 is 0 Å². The molecular formula is C15H17NO5. The minimum atomic E-state index is -1.06. The number of benzene rings is 1. The number of ether oxygens (including phenoxy) is 2. The number of carbonyl (C=O) groups is 2. The molecule has 1 unspecified atom stereocenters. The Morgan fingerprint density at radius 1 is 1.52 bits per heavy atom. The number of hydrogen-bond donors (Lipinski definition) is 1. The highest BCUT2D eigenvalue weighted by atomic mass is 16.6. The van der Waals surface area contributed by atoms with Crippen LogP contribution in [0.2, 0.25) is 0 Å². The molecule has 1 amide bonds. The van der Waals surface area contributed by atoms with Gasteiger partial charge in [-0.25, -0.2) is 9.59 Å². The van der Waals surface area contributed by atoms with E-state index in [0.717, 1.165) is 5.56 Å². The first-order valence-electron chi connectivity index (χ1n) is 6.55. The fraction of sp³-hybridized carbons (Fsp3) is 0.333. The fourth-order valence-corrected chi connectivity index (χ4v) is 2.35. The van der Waals surface area contributed by atoms with E-state index in [9.17, 15) is 14.7 Å². The van der Waals surface area contributed by atoms with E-state index in [1.807, 2.05) is 6.07 Å². The predicted molar refractivity (Wildman–Crippen MR) is 76.8 cm³/mol. The van der Waals surface area contributed by atoms with Gasteiger partial charge in [0.2, 0.25) is 0 Å². The fourth-order valence-electron chi connectivity index (χ4n) is 2.35. The Labute approximate surface area is 122 Å². The van der Waals surface area contributed by atoms with Crippen molar-refractivity contribution >= 4 is 17.7 Å². The van der Waals surface area contributed by atoms with Crippen molar-refractivity contribution in [2.45, 2.75) is 18.9 Å². The maximum atomic E-state index is 12.2. The molecule has 0 fully saturated rings. The lowest BCUT2D eigenvalue weighted by Gasteiger charge is -2.34. The zero-order valence-corrected chi connectivity index (χ0v) is 11.7. The summed E-state index contributed by atoms with van der Waals surface area (Å²) in [6.07, 6.45) is 1.67. The van der Waals surface area contributed by atoms with Crippen LogP contribution in [0.15, 0.2) is 30.9 Å². The molecule has 2 rings (SSSR count). The van der Waals surface area contributed by atoms with Crippen LogP contribution in [-0.4, -0.2) is 36.9 Å². The molecule has 112 valence electrons. The highest BCUT2D eigenvalue weighted by Gasteiger charge is 2.36. The molecule has 6 heteroatoms. The monoisotopic (exact) mass is 291 g/mol. The molecule has 6 nitrogen and oxygen atoms in total. The van der Waals surface area contributed by atoms with Crippen molar-refractivity contribution in [3.05, 3.63) is 36.4 Å². The SMILES string of the molecule is C=CCOC(=O)N1c2cc(OC)ccc2CCC1C(=O)O. The summed E-state index contributed by atoms with van der Waals surface area (Å²) < 4.78 is 10.1. The summed E-state index contributed by atoms with van der Waals surface area (Å²) in [5, 5.41) is 9.33. The van der Waals surface area contributed by atoms with Gasteiger partial charge in [-0.1, -0.05) is 18.7 Å². The Hall–Kier alpha value is -2.50. The second-order valence-electron chi connectivity index (χ2n) is 4.62. The smallest absolute Gasteiger partial charge is 0.415 e. The van der Waals surface area contributed by atoms with Gasteiger partial charge in [-0.15, -0.1) is 0 Å². The summed E-state index contributed by atoms with van der Waals surface area (Å²) >= 11 is 0. The lowest BCUT2D eigenvalue weighted by molar-refractivity contribution is -0.138. The van der Waals surface area contributed by atoms with Gasteiger partial charge in [0, 0.05) is 6.07 Å². The number of hydrogen-bond acceptors (Lipinski definition) is 4. The number of methoxy groups -OCH3 is 1. The van der Waals surface area contributed by atoms with Crippen molar-refractivity contribution in [2.75, 3.05) is 18.6 Å². The molecular weight excluding hydrogens is 274 g/mol. The molecule has 1 heterocycles. The summed E-state index contributed by atoms with van der Waals surface area (Å²) in [6.45, 7) is 3.50. The normalized spacial score (nSPS) is 16.8. The average molecular weight is 291 g/mol. The molecule has 0 radical (unpaired) electrons. The highest BCUT2D eigenvalue weighted by Crippen LogP contribution is 2.34. The van der Waals surface area contributed by atoms with Crippen molar-refractivity contribution in [1.29, 1.82) is 0 Å². The highest BCUT2D eigenvalue weighted by molar-refractivity contribution is 5.97. The van der Waals surface area contributed by atoms with E-state index in [0.29, 0.717) is 24.3 Å². The van der Waals surface area contributed by atoms with Crippen LogP contribution in [-0.2, 0) is 16.0 Å². The number of anilines is 1. The van der Waals surface area contributed by atoms with Gasteiger partial charge in [0.05, 0.1) is 12.8 Å². The molecule has 21 heavy (non-hydrogen) atoms. The lowest BCUT2D eigenvalue weighted by Crippen LogP contribution is -2.48. The van der Waals surface area contributed by atoms with Crippen LogP contribution in [0.3, 0.4) is 0 Å². The minimum Gasteiger partial charge on any atom is -0.497 e. The second-order valence-corrected chi connectivity index (χ2v) is 4.62. The molecule has 1 N–H and O–H groups in total. The van der Waals surface area contributed by atoms with Crippen molar-refractivity contribution in [3.8, 4) is 5.75 Å². The largest absolute Gasteiger partial charge is 0.497 e. The van der Waals surface area contributed by atoms with E-state index in [4.69, 9.17) is 9.47 Å². The molecule has 0 spiro atoms. The van der Waals surface area contributed by atoms with Gasteiger partial charge >= 0.3 is 12.1 Å². The Morgan fingerprint density at radius 2 is 2.29 bits per heavy atom. The van der Waals surface area contributed by atoms with Crippen molar-refractivity contribution in [2.24, 2.45) is 0 Å². The molecule has 0 aromatic heterocycles. The summed E-state index contributed by atoms with van der Waals surface area (Å²) in [4.78, 5) is 24.8. The lowest BCUT2D eigenvalue weighted by atomic mass is 9.96. The standard InChI is InChI=1S/C15H17NO5/c1-3-8-21-15(19)16-12(14(17)18)7-5-10-4-6-11(20-2)9-13(10)16/h3-4,6,9,12H,1,5,7-8H2,2H3,(H,17,18). The molecule has 0 aliphatic carbocycles. The number of aryl methyl sites for hydroxylation is 1. The van der Waals surface area contributed by atoms with E-state index in [1.165, 1.54) is 18.1 Å². The van der Waals surface area contributed by atoms with E-state index in [-0.39, 0.29) is 6.61 Å². The maximum Gasteiger partial charge on any atom is 0.415 e. The van der Waals surface area contributed by atoms with Crippen LogP contribution in [0.1, 0.15) is 12.0 Å². The van der Waals surface area contributed by atoms with Crippen molar-refractivity contribution in [3.63, 3.8) is 0 Å². The van der Waals surface area contributed by atoms with Crippen LogP contribution in [0.25, 0.3) is 0 Å². The van der Waals surface area contributed by atoms with Crippen LogP contribution in [0.5, 0.6) is 5.75 Å². The molecule has 0 saturated carbocycles. The predicted octanol–water partition coefficient (Wildman–Crippen LogP) is 2.22. The third-order valence-electron chi connectivity index (χ3n) is 3.36. The molecule has 1 aliphatic rings. The minimum absolute atomic E-state index is 0.0287. The number of amides is 1. The summed E-state index contributed by atoms with van der Waals surface area (Å²) in [5.41, 5.74) is 1.41. The Balaban J connectivity index is 2.42. The number of carboxylic acids is 1. The molecule has 1 aliphatic heterocycles. The average Bonchev–Trinajstić information content (AvgIpc) is 2.50. The molecule has 0 bridgehead atoms. The van der Waals surface area contributed by atoms with Crippen LogP contribution in [0.4, 0.5) is 10.5 Å². The van der Waals surface area contributed by atoms with E-state index in [1.54, 1.807) is 12.1 Å². The zero-order valence-electron chi connectivity index (χ0n) is 11.7. The summed E-state index contributed by atoms with van der Waals surface area (Å²) in [6, 6.07) is 4.33. The van der Waals surface area contributed by atoms with Crippen LogP contribution < -0.4 is 9.64 Å². The first-order valence-corrected chi connectivity index (χ1v) is 6.55. The second kappa shape index (κ2) is 6.30. The van der Waals surface area contributed by atoms with Gasteiger partial charge in [0.15, 0.2) is 0 Å². The van der Waals surface area contributed by atoms with Crippen LogP contribution in [0, 0.1) is 0 Å². The van der Waals surface area contributed by atoms with Gasteiger partial charge in [-0.3, -0.25) is 4.90 Å². The summed E-state index contributed by atoms with van der Waals surface area (Å²) in [7, 11) is 1.51. The van der Waals surface area contributed by atoms with Gasteiger partial charge in [-0.2, -0.15) is 0 Å². The summed E-state index contributed by atoms with van der Waals surface area (Å²) in [5.74, 6) is -0.500. The molecule has 1 atom stereocenters. The number of fused-ring (bicyclic) bond motifs is 1. The van der Waals surface area contributed by atoms with Gasteiger partial charge < -0.3 is 14.6 Å². The Kier molecular flexibility index (Phi) is 4.47. The van der Waals surface area contributed by atoms with Crippen LogP contribution >= 0.6 is 0 Å². The number of nitrogens with zero attached hydrogens (tertiary/aromatic N) is 1. The van der Waals surface area contributed by atoms with Crippen molar-refractivity contribution < 1.29 is 24.2 Å². The number of carboxylic acid groups (broad SMARTS) is 1. The zero-order chi connectivity index (χ0) is 15.4. The molecule has 1 aromatic rings. The quantitative estimate of drug-likeness (QED) is 0.861. The van der Waals surface area contributed by atoms with Gasteiger partial charge in [-0.05, 0) is 24.5 Å². The first-order chi connectivity index (χ1) is 10.1.